The van der Waals surface area contributed by atoms with Crippen LogP contribution < -0.4 is 0 Å². The summed E-state index contributed by atoms with van der Waals surface area (Å²) < 4.78 is 0. The molecule has 2 N–H and O–H groups in total. The number of phenolic OH excluding ortho intramolecular Hbond substituents is 2. The molecule has 2 heteroatoms. The second-order valence-electron chi connectivity index (χ2n) is 13.9. The fourth-order valence-corrected chi connectivity index (χ4v) is 5.70. The molecule has 226 valence electrons. The van der Waals surface area contributed by atoms with Crippen molar-refractivity contribution in [3.63, 3.8) is 0 Å². The summed E-state index contributed by atoms with van der Waals surface area (Å²) in [6.45, 7) is 22.3. The average molecular weight is 551 g/mol. The molecule has 2 unspecified atom stereocenters. The van der Waals surface area contributed by atoms with Crippen LogP contribution in [-0.2, 0) is 23.7 Å². The van der Waals surface area contributed by atoms with Crippen LogP contribution in [0.4, 0.5) is 0 Å². The predicted molar refractivity (Wildman–Crippen MR) is 175 cm³/mol. The van der Waals surface area contributed by atoms with Gasteiger partial charge in [-0.1, -0.05) is 119 Å². The molecule has 2 rings (SSSR count). The van der Waals surface area contributed by atoms with Crippen LogP contribution in [-0.4, -0.2) is 10.2 Å². The van der Waals surface area contributed by atoms with Gasteiger partial charge < -0.3 is 10.2 Å². The standard InChI is InChI=1S/C38H62O2/c1-11-27(5)31-23-29(25-33(35(31)39)37(7,8)13-3)21-19-17-15-16-18-20-22-30-24-32(28(6)12-2)36(40)34(26-30)38(9,10)14-4/h23-28,39-40H,11-22H2,1-10H3. The van der Waals surface area contributed by atoms with Crippen molar-refractivity contribution in [2.45, 2.75) is 169 Å². The van der Waals surface area contributed by atoms with E-state index in [2.05, 4.69) is 93.5 Å². The number of phenols is 2. The molecule has 2 aromatic carbocycles. The number of aromatic hydroxyl groups is 2. The largest absolute Gasteiger partial charge is 0.507 e. The van der Waals surface area contributed by atoms with Crippen molar-refractivity contribution in [1.82, 2.24) is 0 Å². The first-order valence-electron chi connectivity index (χ1n) is 16.5. The van der Waals surface area contributed by atoms with Gasteiger partial charge >= 0.3 is 0 Å². The van der Waals surface area contributed by atoms with Crippen molar-refractivity contribution >= 4 is 0 Å². The summed E-state index contributed by atoms with van der Waals surface area (Å²) >= 11 is 0. The van der Waals surface area contributed by atoms with E-state index in [1.807, 2.05) is 0 Å². The molecule has 2 nitrogen and oxygen atoms in total. The van der Waals surface area contributed by atoms with Crippen LogP contribution in [0.25, 0.3) is 0 Å². The highest BCUT2D eigenvalue weighted by Crippen LogP contribution is 2.41. The lowest BCUT2D eigenvalue weighted by Crippen LogP contribution is -2.17. The van der Waals surface area contributed by atoms with Gasteiger partial charge in [0, 0.05) is 11.1 Å². The van der Waals surface area contributed by atoms with E-state index in [1.54, 1.807) is 0 Å². The van der Waals surface area contributed by atoms with Gasteiger partial charge in [0.05, 0.1) is 0 Å². The summed E-state index contributed by atoms with van der Waals surface area (Å²) in [5.41, 5.74) is 7.27. The predicted octanol–water partition coefficient (Wildman–Crippen LogP) is 11.6. The molecular weight excluding hydrogens is 488 g/mol. The molecule has 2 aromatic rings. The van der Waals surface area contributed by atoms with Crippen LogP contribution in [0.1, 0.15) is 179 Å². The fraction of sp³-hybridized carbons (Fsp3) is 0.684. The van der Waals surface area contributed by atoms with Crippen molar-refractivity contribution in [3.8, 4) is 11.5 Å². The molecule has 40 heavy (non-hydrogen) atoms. The third-order valence-corrected chi connectivity index (χ3v) is 10.1. The SMILES string of the molecule is CCC(C)c1cc(CCCCCCCCc2cc(C(C)CC)c(O)c(C(C)(C)CC)c2)cc(C(C)(C)CC)c1O. The number of hydrogen-bond donors (Lipinski definition) is 2. The Morgan fingerprint density at radius 3 is 1.18 bits per heavy atom. The van der Waals surface area contributed by atoms with Gasteiger partial charge in [0.15, 0.2) is 0 Å². The van der Waals surface area contributed by atoms with Gasteiger partial charge in [-0.05, 0) is 96.3 Å². The Bertz CT molecular complexity index is 976. The Hall–Kier alpha value is -1.96. The van der Waals surface area contributed by atoms with E-state index in [9.17, 15) is 10.2 Å². The van der Waals surface area contributed by atoms with Gasteiger partial charge in [-0.15, -0.1) is 0 Å². The minimum Gasteiger partial charge on any atom is -0.507 e. The van der Waals surface area contributed by atoms with Crippen LogP contribution >= 0.6 is 0 Å². The van der Waals surface area contributed by atoms with E-state index >= 15 is 0 Å². The summed E-state index contributed by atoms with van der Waals surface area (Å²) in [5, 5.41) is 22.2. The minimum atomic E-state index is -0.0117. The van der Waals surface area contributed by atoms with Crippen LogP contribution in [0, 0.1) is 0 Å². The number of aryl methyl sites for hydroxylation is 2. The quantitative estimate of drug-likeness (QED) is 0.192. The lowest BCUT2D eigenvalue weighted by molar-refractivity contribution is 0.418. The molecule has 0 spiro atoms. The molecule has 0 heterocycles. The molecule has 0 aromatic heterocycles. The summed E-state index contributed by atoms with van der Waals surface area (Å²) in [4.78, 5) is 0. The summed E-state index contributed by atoms with van der Waals surface area (Å²) in [6.07, 6.45) is 13.8. The topological polar surface area (TPSA) is 40.5 Å². The maximum Gasteiger partial charge on any atom is 0.122 e. The molecule has 0 saturated carbocycles. The van der Waals surface area contributed by atoms with Gasteiger partial charge in [-0.3, -0.25) is 0 Å². The third kappa shape index (κ3) is 8.77. The van der Waals surface area contributed by atoms with Gasteiger partial charge in [-0.25, -0.2) is 0 Å². The minimum absolute atomic E-state index is 0.0117. The number of rotatable bonds is 17. The highest BCUT2D eigenvalue weighted by atomic mass is 16.3. The summed E-state index contributed by atoms with van der Waals surface area (Å²) in [6, 6.07) is 9.12. The molecule has 0 radical (unpaired) electrons. The first-order valence-corrected chi connectivity index (χ1v) is 16.5. The number of hydrogen-bond acceptors (Lipinski definition) is 2. The zero-order valence-corrected chi connectivity index (χ0v) is 27.8. The molecule has 0 saturated heterocycles. The third-order valence-electron chi connectivity index (χ3n) is 10.1. The van der Waals surface area contributed by atoms with Gasteiger partial charge in [0.2, 0.25) is 0 Å². The molecule has 0 fully saturated rings. The maximum atomic E-state index is 11.1. The Labute approximate surface area is 248 Å². The van der Waals surface area contributed by atoms with E-state index in [4.69, 9.17) is 0 Å². The van der Waals surface area contributed by atoms with E-state index in [1.165, 1.54) is 49.7 Å². The Morgan fingerprint density at radius 2 is 0.875 bits per heavy atom. The number of unbranched alkanes of at least 4 members (excludes halogenated alkanes) is 5. The van der Waals surface area contributed by atoms with Crippen LogP contribution in [0.3, 0.4) is 0 Å². The molecule has 0 aliphatic heterocycles. The first-order chi connectivity index (χ1) is 18.8. The highest BCUT2D eigenvalue weighted by Gasteiger charge is 2.26. The van der Waals surface area contributed by atoms with E-state index in [0.29, 0.717) is 23.3 Å². The normalized spacial score (nSPS) is 13.9. The zero-order chi connectivity index (χ0) is 30.1. The molecule has 2 atom stereocenters. The van der Waals surface area contributed by atoms with Gasteiger partial charge in [0.25, 0.3) is 0 Å². The summed E-state index contributed by atoms with van der Waals surface area (Å²) in [7, 11) is 0. The van der Waals surface area contributed by atoms with Crippen molar-refractivity contribution in [2.24, 2.45) is 0 Å². The molecular formula is C38H62O2. The van der Waals surface area contributed by atoms with Crippen LogP contribution in [0.5, 0.6) is 11.5 Å². The highest BCUT2D eigenvalue weighted by molar-refractivity contribution is 5.50. The molecule has 0 bridgehead atoms. The smallest absolute Gasteiger partial charge is 0.122 e. The van der Waals surface area contributed by atoms with Crippen molar-refractivity contribution < 1.29 is 10.2 Å². The van der Waals surface area contributed by atoms with Gasteiger partial charge in [0.1, 0.15) is 11.5 Å². The van der Waals surface area contributed by atoms with E-state index in [0.717, 1.165) is 60.8 Å². The fourth-order valence-electron chi connectivity index (χ4n) is 5.70. The Morgan fingerprint density at radius 1 is 0.550 bits per heavy atom. The maximum absolute atomic E-state index is 11.1. The number of benzene rings is 2. The molecule has 0 aliphatic rings. The van der Waals surface area contributed by atoms with Crippen molar-refractivity contribution in [1.29, 1.82) is 0 Å². The monoisotopic (exact) mass is 550 g/mol. The van der Waals surface area contributed by atoms with Crippen molar-refractivity contribution in [3.05, 3.63) is 57.6 Å². The Kier molecular flexibility index (Phi) is 13.1. The second kappa shape index (κ2) is 15.3. The van der Waals surface area contributed by atoms with Gasteiger partial charge in [-0.2, -0.15) is 0 Å². The lowest BCUT2D eigenvalue weighted by Gasteiger charge is -2.28. The van der Waals surface area contributed by atoms with E-state index in [-0.39, 0.29) is 10.8 Å². The van der Waals surface area contributed by atoms with Crippen LogP contribution in [0.2, 0.25) is 0 Å². The van der Waals surface area contributed by atoms with E-state index < -0.39 is 0 Å². The van der Waals surface area contributed by atoms with Crippen molar-refractivity contribution in [2.75, 3.05) is 0 Å². The van der Waals surface area contributed by atoms with Crippen LogP contribution in [0.15, 0.2) is 24.3 Å². The average Bonchev–Trinajstić information content (AvgIpc) is 2.94. The Balaban J connectivity index is 1.92. The molecule has 0 aliphatic carbocycles. The first kappa shape index (κ1) is 34.2. The molecule has 0 amide bonds. The second-order valence-corrected chi connectivity index (χ2v) is 13.9. The zero-order valence-electron chi connectivity index (χ0n) is 27.8. The lowest BCUT2D eigenvalue weighted by atomic mass is 9.78. The summed E-state index contributed by atoms with van der Waals surface area (Å²) in [5.74, 6) is 1.82.